The molecule has 38 heavy (non-hydrogen) atoms. The number of hydrogen-bond donors (Lipinski definition) is 1. The quantitative estimate of drug-likeness (QED) is 0.275. The third-order valence-corrected chi connectivity index (χ3v) is 42.5. The van der Waals surface area contributed by atoms with Gasteiger partial charge in [-0.25, -0.2) is 0 Å². The summed E-state index contributed by atoms with van der Waals surface area (Å²) >= 11 is -3.37. The molecular formula is C35H43GeNZr. The van der Waals surface area contributed by atoms with E-state index in [2.05, 4.69) is 114 Å². The summed E-state index contributed by atoms with van der Waals surface area (Å²) in [5, 5.41) is 0. The Hall–Kier alpha value is -1.47. The minimum Gasteiger partial charge on any atom is -0.0622 e. The largest absolute Gasteiger partial charge is 0.0622 e. The molecule has 2 unspecified atom stereocenters. The van der Waals surface area contributed by atoms with Gasteiger partial charge in [0, 0.05) is 0 Å². The van der Waals surface area contributed by atoms with E-state index in [1.54, 1.807) is 21.1 Å². The summed E-state index contributed by atoms with van der Waals surface area (Å²) in [4.78, 5) is 0. The van der Waals surface area contributed by atoms with Crippen molar-refractivity contribution >= 4 is 16.0 Å². The fourth-order valence-corrected chi connectivity index (χ4v) is 50.0. The normalized spacial score (nSPS) is 30.6. The molecule has 1 nitrogen and oxygen atoms in total. The average molecular weight is 642 g/mol. The van der Waals surface area contributed by atoms with E-state index in [-0.39, 0.29) is 0 Å². The molecule has 0 spiro atoms. The van der Waals surface area contributed by atoms with E-state index in [4.69, 9.17) is 0 Å². The maximum atomic E-state index is 4.62. The van der Waals surface area contributed by atoms with Crippen LogP contribution in [0, 0.1) is 23.7 Å². The Morgan fingerprint density at radius 1 is 0.684 bits per heavy atom. The number of rotatable bonds is 6. The first-order valence-corrected chi connectivity index (χ1v) is 31.5. The second kappa shape index (κ2) is 10.5. The molecule has 3 aromatic carbocycles. The van der Waals surface area contributed by atoms with E-state index >= 15 is 0 Å². The molecule has 3 heteroatoms. The van der Waals surface area contributed by atoms with Crippen LogP contribution in [-0.4, -0.2) is 17.2 Å². The van der Waals surface area contributed by atoms with Gasteiger partial charge >= 0.3 is 168 Å². The van der Waals surface area contributed by atoms with Crippen molar-refractivity contribution in [2.45, 2.75) is 57.1 Å². The van der Waals surface area contributed by atoms with Gasteiger partial charge in [0.25, 0.3) is 0 Å². The molecule has 1 N–H and O–H groups in total. The topological polar surface area (TPSA) is 12.0 Å². The summed E-state index contributed by atoms with van der Waals surface area (Å²) < 4.78 is 11.1. The van der Waals surface area contributed by atoms with Crippen LogP contribution in [0.5, 0.6) is 0 Å². The second-order valence-electron chi connectivity index (χ2n) is 12.8. The van der Waals surface area contributed by atoms with Crippen molar-refractivity contribution in [3.05, 3.63) is 111 Å². The molecule has 0 heterocycles. The summed E-state index contributed by atoms with van der Waals surface area (Å²) in [6.07, 6.45) is 4.54. The van der Waals surface area contributed by atoms with Crippen LogP contribution in [0.3, 0.4) is 0 Å². The minimum absolute atomic E-state index is 0.558. The van der Waals surface area contributed by atoms with Crippen LogP contribution < -0.4 is 7.66 Å². The Labute approximate surface area is 238 Å². The molecule has 196 valence electrons. The van der Waals surface area contributed by atoms with Crippen molar-refractivity contribution in [2.75, 3.05) is 0 Å². The molecule has 5 aliphatic carbocycles. The van der Waals surface area contributed by atoms with Crippen LogP contribution in [-0.2, 0) is 18.0 Å². The van der Waals surface area contributed by atoms with Gasteiger partial charge in [0.05, 0.1) is 0 Å². The number of allylic oxidation sites excluding steroid dienone is 4. The van der Waals surface area contributed by atoms with Crippen molar-refractivity contribution in [3.63, 3.8) is 0 Å². The maximum Gasteiger partial charge on any atom is -0.0184 e. The fourth-order valence-electron chi connectivity index (χ4n) is 8.50. The van der Waals surface area contributed by atoms with Crippen LogP contribution >= 0.6 is 0 Å². The molecule has 4 bridgehead atoms. The van der Waals surface area contributed by atoms with E-state index in [9.17, 15) is 0 Å². The van der Waals surface area contributed by atoms with Gasteiger partial charge in [-0.3, -0.25) is 0 Å². The first-order chi connectivity index (χ1) is 18.3. The van der Waals surface area contributed by atoms with E-state index in [0.29, 0.717) is 11.5 Å². The third-order valence-electron chi connectivity index (χ3n) is 10.4. The number of benzene rings is 3. The van der Waals surface area contributed by atoms with Gasteiger partial charge in [0.2, 0.25) is 0 Å². The third kappa shape index (κ3) is 4.95. The Balaban J connectivity index is 0.000000184. The van der Waals surface area contributed by atoms with Crippen LogP contribution in [0.4, 0.5) is 0 Å². The van der Waals surface area contributed by atoms with E-state index < -0.39 is 29.7 Å². The number of nitrogens with one attached hydrogen (secondary N) is 1. The molecule has 4 saturated carbocycles. The maximum absolute atomic E-state index is 4.62. The van der Waals surface area contributed by atoms with E-state index in [1.165, 1.54) is 30.4 Å². The zero-order valence-electron chi connectivity index (χ0n) is 23.8. The number of hydrogen-bond acceptors (Lipinski definition) is 1. The van der Waals surface area contributed by atoms with Gasteiger partial charge < -0.3 is 0 Å². The van der Waals surface area contributed by atoms with Crippen LogP contribution in [0.2, 0.25) is 4.63 Å². The van der Waals surface area contributed by atoms with Gasteiger partial charge in [0.1, 0.15) is 0 Å². The molecule has 0 radical (unpaired) electrons. The smallest absolute Gasteiger partial charge is 0.0184 e. The van der Waals surface area contributed by atoms with Crippen LogP contribution in [0.25, 0.3) is 11.1 Å². The average Bonchev–Trinajstić information content (AvgIpc) is 3.32. The molecule has 4 fully saturated rings. The molecular weight excluding hydrogens is 598 g/mol. The molecule has 3 aromatic rings. The second-order valence-corrected chi connectivity index (χ2v) is 45.8. The van der Waals surface area contributed by atoms with E-state index in [1.807, 2.05) is 15.4 Å². The monoisotopic (exact) mass is 641 g/mol. The molecule has 5 aliphatic rings. The van der Waals surface area contributed by atoms with Crippen molar-refractivity contribution < 1.29 is 18.0 Å². The van der Waals surface area contributed by atoms with Gasteiger partial charge in [0.15, 0.2) is 0 Å². The Bertz CT molecular complexity index is 1290. The molecule has 2 atom stereocenters. The molecule has 0 amide bonds. The first kappa shape index (κ1) is 26.7. The van der Waals surface area contributed by atoms with Crippen LogP contribution in [0.15, 0.2) is 111 Å². The van der Waals surface area contributed by atoms with Gasteiger partial charge in [-0.05, 0) is 11.1 Å². The minimum atomic E-state index is -2.55. The molecule has 0 aromatic heterocycles. The Morgan fingerprint density at radius 3 is 1.55 bits per heavy atom. The van der Waals surface area contributed by atoms with Crippen molar-refractivity contribution in [1.82, 2.24) is 3.26 Å². The van der Waals surface area contributed by atoms with Gasteiger partial charge in [-0.2, -0.15) is 0 Å². The predicted octanol–water partition coefficient (Wildman–Crippen LogP) is 7.51. The van der Waals surface area contributed by atoms with Gasteiger partial charge in [-0.1, -0.05) is 60.7 Å². The zero-order valence-corrected chi connectivity index (χ0v) is 29.2. The summed E-state index contributed by atoms with van der Waals surface area (Å²) in [5.41, 5.74) is 8.04. The standard InChI is InChI=1S/C12H10.C9H13.C7H10N.C6H7Ge.CH3.Zr/c1-3-7-11(8-4-1)12-9-5-2-6-10-12;1-6-5-7(2)9(4)8(6)3;8-7-1-4-5(2-7)6(4)3-7;7-6-4-2-1-3-5-6;;/h1-10H;6H,1-4H3;4-6,8H,1-3H2;1-5H,7H2;1H3;/q;;-1;;;+1. The predicted molar refractivity (Wildman–Crippen MR) is 163 cm³/mol. The Kier molecular flexibility index (Phi) is 7.38. The SMILES string of the molecule is CC1=C(C)C(C)[C]([Zr]([CH3])([NH]C23CC4C(C2)C4C3)[GeH2][c]2ccccc2)=C1C.c1ccc(-c2ccccc2)cc1. The Morgan fingerprint density at radius 2 is 1.13 bits per heavy atom. The molecule has 8 rings (SSSR count). The first-order valence-electron chi connectivity index (χ1n) is 14.6. The summed E-state index contributed by atoms with van der Waals surface area (Å²) in [7, 11) is 0. The fraction of sp³-hybridized carbons (Fsp3) is 0.371. The molecule has 0 saturated heterocycles. The zero-order chi connectivity index (χ0) is 26.5. The summed E-state index contributed by atoms with van der Waals surface area (Å²) in [6, 6.07) is 32.4. The van der Waals surface area contributed by atoms with Crippen molar-refractivity contribution in [2.24, 2.45) is 23.7 Å². The van der Waals surface area contributed by atoms with E-state index in [0.717, 1.165) is 17.8 Å². The van der Waals surface area contributed by atoms with Crippen molar-refractivity contribution in [3.8, 4) is 11.1 Å². The van der Waals surface area contributed by atoms with Crippen LogP contribution in [0.1, 0.15) is 47.0 Å². The van der Waals surface area contributed by atoms with Gasteiger partial charge in [-0.15, -0.1) is 0 Å². The van der Waals surface area contributed by atoms with Crippen molar-refractivity contribution in [1.29, 1.82) is 0 Å². The molecule has 0 aliphatic heterocycles. The summed E-state index contributed by atoms with van der Waals surface area (Å²) in [6.45, 7) is 9.71. The summed E-state index contributed by atoms with van der Waals surface area (Å²) in [5.74, 6) is 4.03.